The van der Waals surface area contributed by atoms with Crippen LogP contribution in [0.5, 0.6) is 0 Å². The molecular weight excluding hydrogens is 326 g/mol. The summed E-state index contributed by atoms with van der Waals surface area (Å²) in [5, 5.41) is 21.5. The highest BCUT2D eigenvalue weighted by Gasteiger charge is 2.42. The van der Waals surface area contributed by atoms with E-state index in [0.717, 1.165) is 18.7 Å². The number of aliphatic hydroxyl groups is 1. The zero-order valence-electron chi connectivity index (χ0n) is 15.6. The highest BCUT2D eigenvalue weighted by molar-refractivity contribution is 5.78. The lowest BCUT2D eigenvalue weighted by Crippen LogP contribution is -2.45. The number of hydrogen-bond acceptors (Lipinski definition) is 3. The fourth-order valence-corrected chi connectivity index (χ4v) is 3.50. The Bertz CT molecular complexity index is 670. The van der Waals surface area contributed by atoms with Gasteiger partial charge in [-0.15, -0.1) is 0 Å². The Morgan fingerprint density at radius 2 is 1.54 bits per heavy atom. The van der Waals surface area contributed by atoms with Gasteiger partial charge in [-0.25, -0.2) is 0 Å². The van der Waals surface area contributed by atoms with Crippen LogP contribution in [0.1, 0.15) is 37.3 Å². The number of carboxylic acid groups (broad SMARTS) is 1. The van der Waals surface area contributed by atoms with E-state index in [4.69, 9.17) is 0 Å². The molecule has 0 aliphatic carbocycles. The predicted molar refractivity (Wildman–Crippen MR) is 104 cm³/mol. The van der Waals surface area contributed by atoms with Gasteiger partial charge in [0.2, 0.25) is 0 Å². The topological polar surface area (TPSA) is 60.8 Å². The van der Waals surface area contributed by atoms with E-state index in [-0.39, 0.29) is 0 Å². The molecule has 26 heavy (non-hydrogen) atoms. The van der Waals surface area contributed by atoms with Gasteiger partial charge in [0.05, 0.1) is 5.60 Å². The zero-order chi connectivity index (χ0) is 19.0. The minimum Gasteiger partial charge on any atom is -0.481 e. The summed E-state index contributed by atoms with van der Waals surface area (Å²) in [5.41, 5.74) is 0.214. The molecule has 0 unspecified atom stereocenters. The van der Waals surface area contributed by atoms with Crippen molar-refractivity contribution in [2.24, 2.45) is 0 Å². The van der Waals surface area contributed by atoms with Crippen molar-refractivity contribution in [1.82, 2.24) is 4.90 Å². The lowest BCUT2D eigenvalue weighted by atomic mass is 9.76. The molecule has 2 N–H and O–H groups in total. The van der Waals surface area contributed by atoms with Gasteiger partial charge in [0.25, 0.3) is 0 Å². The number of hydrogen-bond donors (Lipinski definition) is 2. The first kappa shape index (κ1) is 20.1. The molecule has 0 aliphatic rings. The predicted octanol–water partition coefficient (Wildman–Crippen LogP) is 3.56. The Balaban J connectivity index is 2.37. The average Bonchev–Trinajstić information content (AvgIpc) is 2.64. The fourth-order valence-electron chi connectivity index (χ4n) is 3.50. The van der Waals surface area contributed by atoms with Crippen LogP contribution in [0.15, 0.2) is 60.7 Å². The van der Waals surface area contributed by atoms with Crippen LogP contribution in [-0.2, 0) is 11.2 Å². The first-order valence-electron chi connectivity index (χ1n) is 9.26. The lowest BCUT2D eigenvalue weighted by molar-refractivity contribution is -0.146. The molecule has 0 aromatic heterocycles. The number of carbonyl (C=O) groups is 1. The quantitative estimate of drug-likeness (QED) is 0.684. The smallest absolute Gasteiger partial charge is 0.313 e. The second kappa shape index (κ2) is 9.51. The molecule has 0 fully saturated rings. The second-order valence-corrected chi connectivity index (χ2v) is 6.72. The van der Waals surface area contributed by atoms with Crippen molar-refractivity contribution in [2.45, 2.75) is 38.2 Å². The molecule has 0 heterocycles. The van der Waals surface area contributed by atoms with Gasteiger partial charge in [0.1, 0.15) is 5.92 Å². The number of aliphatic carboxylic acids is 1. The number of rotatable bonds is 10. The summed E-state index contributed by atoms with van der Waals surface area (Å²) in [7, 11) is 0. The Kier molecular flexibility index (Phi) is 7.37. The maximum atomic E-state index is 12.1. The standard InChI is InChI=1S/C22H29NO3/c1-3-23(4-2)16-15-22(26,17-18-11-7-5-8-12-18)20(21(24)25)19-13-9-6-10-14-19/h5-14,20,26H,3-4,15-17H2,1-2H3,(H,24,25)/t20-,22+/m1/s1. The zero-order valence-corrected chi connectivity index (χ0v) is 15.6. The highest BCUT2D eigenvalue weighted by Crippen LogP contribution is 2.35. The summed E-state index contributed by atoms with van der Waals surface area (Å²) in [6, 6.07) is 18.7. The molecule has 2 aromatic rings. The van der Waals surface area contributed by atoms with E-state index in [2.05, 4.69) is 18.7 Å². The molecule has 0 spiro atoms. The van der Waals surface area contributed by atoms with E-state index in [9.17, 15) is 15.0 Å². The number of carboxylic acids is 1. The molecule has 0 aliphatic heterocycles. The van der Waals surface area contributed by atoms with Crippen molar-refractivity contribution in [2.75, 3.05) is 19.6 Å². The van der Waals surface area contributed by atoms with Gasteiger partial charge in [-0.05, 0) is 30.6 Å². The maximum Gasteiger partial charge on any atom is 0.313 e. The maximum absolute atomic E-state index is 12.1. The van der Waals surface area contributed by atoms with Crippen LogP contribution in [0.2, 0.25) is 0 Å². The Morgan fingerprint density at radius 1 is 1.00 bits per heavy atom. The first-order valence-corrected chi connectivity index (χ1v) is 9.26. The van der Waals surface area contributed by atoms with E-state index < -0.39 is 17.5 Å². The third-order valence-corrected chi connectivity index (χ3v) is 5.03. The molecular formula is C22H29NO3. The summed E-state index contributed by atoms with van der Waals surface area (Å²) in [6.07, 6.45) is 0.705. The van der Waals surface area contributed by atoms with Crippen molar-refractivity contribution in [1.29, 1.82) is 0 Å². The summed E-state index contributed by atoms with van der Waals surface area (Å²) in [5.74, 6) is -1.96. The minimum atomic E-state index is -1.36. The van der Waals surface area contributed by atoms with Gasteiger partial charge in [0, 0.05) is 13.0 Å². The minimum absolute atomic E-state index is 0.307. The second-order valence-electron chi connectivity index (χ2n) is 6.72. The summed E-state index contributed by atoms with van der Waals surface area (Å²) in [4.78, 5) is 14.4. The first-order chi connectivity index (χ1) is 12.5. The van der Waals surface area contributed by atoms with Crippen LogP contribution in [0.4, 0.5) is 0 Å². The number of benzene rings is 2. The lowest BCUT2D eigenvalue weighted by Gasteiger charge is -2.36. The van der Waals surface area contributed by atoms with E-state index in [1.54, 1.807) is 12.1 Å². The van der Waals surface area contributed by atoms with Crippen LogP contribution in [0, 0.1) is 0 Å². The number of nitrogens with zero attached hydrogens (tertiary/aromatic N) is 1. The van der Waals surface area contributed by atoms with Crippen molar-refractivity contribution in [3.63, 3.8) is 0 Å². The molecule has 0 radical (unpaired) electrons. The van der Waals surface area contributed by atoms with Gasteiger partial charge in [-0.1, -0.05) is 74.5 Å². The van der Waals surface area contributed by atoms with Crippen LogP contribution in [0.3, 0.4) is 0 Å². The molecule has 4 nitrogen and oxygen atoms in total. The van der Waals surface area contributed by atoms with Crippen molar-refractivity contribution < 1.29 is 15.0 Å². The van der Waals surface area contributed by atoms with Gasteiger partial charge >= 0.3 is 5.97 Å². The Morgan fingerprint density at radius 3 is 2.04 bits per heavy atom. The SMILES string of the molecule is CCN(CC)CC[C@](O)(Cc1ccccc1)[C@@H](C(=O)O)c1ccccc1. The molecule has 0 saturated carbocycles. The monoisotopic (exact) mass is 355 g/mol. The molecule has 0 amide bonds. The van der Waals surface area contributed by atoms with Gasteiger partial charge in [-0.2, -0.15) is 0 Å². The summed E-state index contributed by atoms with van der Waals surface area (Å²) < 4.78 is 0. The average molecular weight is 355 g/mol. The molecule has 2 atom stereocenters. The van der Waals surface area contributed by atoms with E-state index in [1.807, 2.05) is 48.5 Å². The fraction of sp³-hybridized carbons (Fsp3) is 0.409. The third-order valence-electron chi connectivity index (χ3n) is 5.03. The van der Waals surface area contributed by atoms with Crippen molar-refractivity contribution in [3.8, 4) is 0 Å². The highest BCUT2D eigenvalue weighted by atomic mass is 16.4. The third kappa shape index (κ3) is 5.16. The molecule has 2 aromatic carbocycles. The van der Waals surface area contributed by atoms with Crippen LogP contribution in [-0.4, -0.2) is 46.3 Å². The summed E-state index contributed by atoms with van der Waals surface area (Å²) >= 11 is 0. The Hall–Kier alpha value is -2.17. The van der Waals surface area contributed by atoms with Gasteiger partial charge in [0.15, 0.2) is 0 Å². The Labute approximate surface area is 156 Å². The van der Waals surface area contributed by atoms with Crippen LogP contribution >= 0.6 is 0 Å². The van der Waals surface area contributed by atoms with Gasteiger partial charge in [-0.3, -0.25) is 4.79 Å². The van der Waals surface area contributed by atoms with Crippen molar-refractivity contribution in [3.05, 3.63) is 71.8 Å². The van der Waals surface area contributed by atoms with Crippen LogP contribution in [0.25, 0.3) is 0 Å². The summed E-state index contributed by atoms with van der Waals surface area (Å²) in [6.45, 7) is 6.56. The van der Waals surface area contributed by atoms with E-state index in [0.29, 0.717) is 24.9 Å². The normalized spacial score (nSPS) is 14.8. The van der Waals surface area contributed by atoms with E-state index in [1.165, 1.54) is 0 Å². The molecule has 4 heteroatoms. The molecule has 2 rings (SSSR count). The molecule has 0 bridgehead atoms. The van der Waals surface area contributed by atoms with Gasteiger partial charge < -0.3 is 15.1 Å². The van der Waals surface area contributed by atoms with Crippen LogP contribution < -0.4 is 0 Å². The van der Waals surface area contributed by atoms with E-state index >= 15 is 0 Å². The molecule has 0 saturated heterocycles. The largest absolute Gasteiger partial charge is 0.481 e. The van der Waals surface area contributed by atoms with Crippen molar-refractivity contribution >= 4 is 5.97 Å². The molecule has 140 valence electrons.